The van der Waals surface area contributed by atoms with Gasteiger partial charge in [-0.2, -0.15) is 0 Å². The van der Waals surface area contributed by atoms with Crippen molar-refractivity contribution in [3.05, 3.63) is 140 Å². The second kappa shape index (κ2) is 8.84. The first-order valence-corrected chi connectivity index (χ1v) is 16.2. The Hall–Kier alpha value is -4.83. The van der Waals surface area contributed by atoms with E-state index < -0.39 is 0 Å². The van der Waals surface area contributed by atoms with Gasteiger partial charge in [-0.05, 0) is 97.7 Å². The van der Waals surface area contributed by atoms with Crippen LogP contribution in [0.15, 0.2) is 149 Å². The van der Waals surface area contributed by atoms with Gasteiger partial charge in [-0.15, -0.1) is 11.3 Å². The maximum absolute atomic E-state index is 2.46. The molecule has 3 heteroatoms. The van der Waals surface area contributed by atoms with Crippen LogP contribution in [0.25, 0.3) is 63.3 Å². The van der Waals surface area contributed by atoms with Crippen molar-refractivity contribution >= 4 is 103 Å². The number of rotatable bonds is 1. The molecule has 0 aliphatic carbocycles. The molecule has 1 aromatic heterocycles. The van der Waals surface area contributed by atoms with Crippen molar-refractivity contribution in [3.8, 4) is 0 Å². The standard InChI is InChI=1S/C40H23NS2/c1-2-10-26-24(9-1)17-19-29-27-11-3-4-12-28(27)30-22-32-31-21-25(18-20-36(31)42-39(32)23-33(30)40(26)29)41-34-13-5-7-15-37(34)43-38-16-8-6-14-35(38)41/h1-23H. The fraction of sp³-hybridized carbons (Fsp3) is 0. The Bertz CT molecular complexity index is 2570. The first-order valence-electron chi connectivity index (χ1n) is 14.6. The van der Waals surface area contributed by atoms with E-state index in [0.717, 1.165) is 0 Å². The van der Waals surface area contributed by atoms with Crippen LogP contribution in [-0.4, -0.2) is 0 Å². The van der Waals surface area contributed by atoms with Crippen LogP contribution in [0.2, 0.25) is 0 Å². The number of hydrogen-bond donors (Lipinski definition) is 0. The Morgan fingerprint density at radius 3 is 1.84 bits per heavy atom. The summed E-state index contributed by atoms with van der Waals surface area (Å²) in [4.78, 5) is 5.00. The van der Waals surface area contributed by atoms with Gasteiger partial charge in [0.2, 0.25) is 0 Å². The Morgan fingerprint density at radius 1 is 0.395 bits per heavy atom. The number of anilines is 3. The van der Waals surface area contributed by atoms with Crippen LogP contribution in [0.5, 0.6) is 0 Å². The summed E-state index contributed by atoms with van der Waals surface area (Å²) in [5.41, 5.74) is 3.67. The summed E-state index contributed by atoms with van der Waals surface area (Å²) in [6.07, 6.45) is 0. The third-order valence-electron chi connectivity index (χ3n) is 8.99. The molecule has 43 heavy (non-hydrogen) atoms. The molecule has 0 N–H and O–H groups in total. The SMILES string of the molecule is c1ccc2c(c1)Sc1ccccc1N2c1ccc2sc3cc4c(cc3c2c1)c1ccccc1c1ccc2ccccc2c14. The summed E-state index contributed by atoms with van der Waals surface area (Å²) in [6.45, 7) is 0. The smallest absolute Gasteiger partial charge is 0.0601 e. The highest BCUT2D eigenvalue weighted by Crippen LogP contribution is 2.52. The van der Waals surface area contributed by atoms with Crippen LogP contribution >= 0.6 is 23.1 Å². The Kier molecular flexibility index (Phi) is 4.87. The van der Waals surface area contributed by atoms with E-state index in [2.05, 4.69) is 144 Å². The Morgan fingerprint density at radius 2 is 1.05 bits per heavy atom. The highest BCUT2D eigenvalue weighted by molar-refractivity contribution is 7.99. The van der Waals surface area contributed by atoms with Crippen molar-refractivity contribution < 1.29 is 0 Å². The largest absolute Gasteiger partial charge is 0.308 e. The molecule has 8 aromatic carbocycles. The van der Waals surface area contributed by atoms with Crippen molar-refractivity contribution in [3.63, 3.8) is 0 Å². The van der Waals surface area contributed by atoms with Gasteiger partial charge < -0.3 is 4.90 Å². The minimum Gasteiger partial charge on any atom is -0.308 e. The zero-order valence-electron chi connectivity index (χ0n) is 23.0. The molecular formula is C40H23NS2. The highest BCUT2D eigenvalue weighted by atomic mass is 32.2. The van der Waals surface area contributed by atoms with E-state index >= 15 is 0 Å². The quantitative estimate of drug-likeness (QED) is 0.177. The van der Waals surface area contributed by atoms with Crippen molar-refractivity contribution in [2.75, 3.05) is 4.90 Å². The average molecular weight is 582 g/mol. The molecule has 0 radical (unpaired) electrons. The maximum Gasteiger partial charge on any atom is 0.0601 e. The van der Waals surface area contributed by atoms with E-state index in [1.165, 1.54) is 90.1 Å². The molecule has 1 aliphatic heterocycles. The van der Waals surface area contributed by atoms with E-state index in [9.17, 15) is 0 Å². The van der Waals surface area contributed by atoms with Gasteiger partial charge in [0.15, 0.2) is 0 Å². The summed E-state index contributed by atoms with van der Waals surface area (Å²) in [5, 5.41) is 13.2. The highest BCUT2D eigenvalue weighted by Gasteiger charge is 2.25. The van der Waals surface area contributed by atoms with Crippen LogP contribution in [0.3, 0.4) is 0 Å². The third-order valence-corrected chi connectivity index (χ3v) is 11.3. The van der Waals surface area contributed by atoms with Crippen molar-refractivity contribution in [2.24, 2.45) is 0 Å². The zero-order valence-corrected chi connectivity index (χ0v) is 24.7. The van der Waals surface area contributed by atoms with Gasteiger partial charge in [0.05, 0.1) is 11.4 Å². The van der Waals surface area contributed by atoms with Crippen molar-refractivity contribution in [1.29, 1.82) is 0 Å². The van der Waals surface area contributed by atoms with Gasteiger partial charge in [0, 0.05) is 35.7 Å². The molecule has 2 heterocycles. The van der Waals surface area contributed by atoms with Gasteiger partial charge in [-0.3, -0.25) is 0 Å². The zero-order chi connectivity index (χ0) is 28.1. The molecule has 1 aliphatic rings. The number of benzene rings is 8. The van der Waals surface area contributed by atoms with Gasteiger partial charge in [0.25, 0.3) is 0 Å². The second-order valence-corrected chi connectivity index (χ2v) is 13.5. The molecule has 200 valence electrons. The summed E-state index contributed by atoms with van der Waals surface area (Å²) in [7, 11) is 0. The maximum atomic E-state index is 2.46. The fourth-order valence-electron chi connectivity index (χ4n) is 7.10. The van der Waals surface area contributed by atoms with E-state index in [0.29, 0.717) is 0 Å². The van der Waals surface area contributed by atoms with Crippen LogP contribution in [0, 0.1) is 0 Å². The summed E-state index contributed by atoms with van der Waals surface area (Å²) in [6, 6.07) is 51.7. The van der Waals surface area contributed by atoms with Gasteiger partial charge in [-0.1, -0.05) is 96.7 Å². The molecular weight excluding hydrogens is 559 g/mol. The van der Waals surface area contributed by atoms with E-state index in [1.54, 1.807) is 0 Å². The van der Waals surface area contributed by atoms with Gasteiger partial charge >= 0.3 is 0 Å². The lowest BCUT2D eigenvalue weighted by Crippen LogP contribution is -2.14. The third kappa shape index (κ3) is 3.35. The summed E-state index contributed by atoms with van der Waals surface area (Å²) >= 11 is 3.75. The summed E-state index contributed by atoms with van der Waals surface area (Å²) < 4.78 is 2.65. The number of hydrogen-bond acceptors (Lipinski definition) is 3. The minimum atomic E-state index is 1.20. The number of para-hydroxylation sites is 2. The fourth-order valence-corrected chi connectivity index (χ4v) is 9.27. The normalized spacial score (nSPS) is 13.0. The number of fused-ring (bicyclic) bond motifs is 13. The first-order chi connectivity index (χ1) is 21.3. The predicted octanol–water partition coefficient (Wildman–Crippen LogP) is 12.6. The molecule has 0 saturated heterocycles. The Labute approximate surface area is 256 Å². The van der Waals surface area contributed by atoms with E-state index in [-0.39, 0.29) is 0 Å². The lowest BCUT2D eigenvalue weighted by atomic mass is 9.90. The minimum absolute atomic E-state index is 1.20. The van der Waals surface area contributed by atoms with Gasteiger partial charge in [0.1, 0.15) is 0 Å². The second-order valence-electron chi connectivity index (χ2n) is 11.3. The molecule has 1 nitrogen and oxygen atoms in total. The Balaban J connectivity index is 1.29. The lowest BCUT2D eigenvalue weighted by molar-refractivity contribution is 1.17. The molecule has 0 spiro atoms. The van der Waals surface area contributed by atoms with Crippen LogP contribution < -0.4 is 4.90 Å². The van der Waals surface area contributed by atoms with Crippen LogP contribution in [-0.2, 0) is 0 Å². The molecule has 0 fully saturated rings. The molecule has 0 unspecified atom stereocenters. The van der Waals surface area contributed by atoms with Crippen LogP contribution in [0.1, 0.15) is 0 Å². The van der Waals surface area contributed by atoms with Gasteiger partial charge in [-0.25, -0.2) is 0 Å². The van der Waals surface area contributed by atoms with E-state index in [4.69, 9.17) is 0 Å². The molecule has 9 aromatic rings. The monoisotopic (exact) mass is 581 g/mol. The predicted molar refractivity (Wildman–Crippen MR) is 188 cm³/mol. The van der Waals surface area contributed by atoms with Crippen LogP contribution in [0.4, 0.5) is 17.1 Å². The van der Waals surface area contributed by atoms with E-state index in [1.807, 2.05) is 23.1 Å². The summed E-state index contributed by atoms with van der Waals surface area (Å²) in [5.74, 6) is 0. The molecule has 10 rings (SSSR count). The average Bonchev–Trinajstić information content (AvgIpc) is 3.43. The molecule has 0 amide bonds. The lowest BCUT2D eigenvalue weighted by Gasteiger charge is -2.32. The molecule has 0 bridgehead atoms. The number of nitrogens with zero attached hydrogens (tertiary/aromatic N) is 1. The first kappa shape index (κ1) is 23.7. The molecule has 0 saturated carbocycles. The van der Waals surface area contributed by atoms with Crippen molar-refractivity contribution in [1.82, 2.24) is 0 Å². The van der Waals surface area contributed by atoms with Crippen molar-refractivity contribution in [2.45, 2.75) is 9.79 Å². The molecule has 0 atom stereocenters. The number of thiophene rings is 1. The topological polar surface area (TPSA) is 3.24 Å².